The Bertz CT molecular complexity index is 770. The third-order valence-electron chi connectivity index (χ3n) is 2.92. The topological polar surface area (TPSA) is 24.9 Å². The molecule has 0 unspecified atom stereocenters. The molecular weight excluding hydrogens is 335 g/mol. The maximum absolute atomic E-state index is 6.24. The van der Waals surface area contributed by atoms with E-state index in [0.29, 0.717) is 21.6 Å². The molecule has 6 heteroatoms. The maximum atomic E-state index is 6.24. The van der Waals surface area contributed by atoms with Crippen LogP contribution < -0.4 is 5.32 Å². The minimum absolute atomic E-state index is 0.562. The molecule has 0 aliphatic heterocycles. The Hall–Kier alpha value is -1.00. The second-order valence-corrected chi connectivity index (χ2v) is 6.35. The molecule has 0 radical (unpaired) electrons. The summed E-state index contributed by atoms with van der Waals surface area (Å²) in [6, 6.07) is 9.27. The molecule has 0 bridgehead atoms. The lowest BCUT2D eigenvalue weighted by Gasteiger charge is -2.10. The molecule has 3 aromatic rings. The Balaban J connectivity index is 1.90. The van der Waals surface area contributed by atoms with Gasteiger partial charge >= 0.3 is 0 Å². The zero-order valence-electron chi connectivity index (χ0n) is 10.2. The fourth-order valence-corrected chi connectivity index (χ4v) is 3.30. The smallest absolute Gasteiger partial charge is 0.106 e. The second kappa shape index (κ2) is 5.78. The van der Waals surface area contributed by atoms with Crippen molar-refractivity contribution >= 4 is 62.0 Å². The first-order valence-electron chi connectivity index (χ1n) is 5.84. The minimum atomic E-state index is 0.562. The lowest BCUT2D eigenvalue weighted by atomic mass is 10.2. The van der Waals surface area contributed by atoms with Gasteiger partial charge in [-0.05, 0) is 29.8 Å². The molecule has 0 aliphatic carbocycles. The average molecular weight is 344 g/mol. The molecule has 0 aliphatic rings. The van der Waals surface area contributed by atoms with E-state index in [4.69, 9.17) is 34.8 Å². The molecule has 2 nitrogen and oxygen atoms in total. The number of anilines is 1. The van der Waals surface area contributed by atoms with Crippen molar-refractivity contribution in [3.05, 3.63) is 56.5 Å². The number of hydrogen-bond donors (Lipinski definition) is 1. The molecule has 1 heterocycles. The Kier molecular flexibility index (Phi) is 4.03. The van der Waals surface area contributed by atoms with E-state index in [9.17, 15) is 0 Å². The number of nitrogens with zero attached hydrogens (tertiary/aromatic N) is 1. The molecule has 0 spiro atoms. The van der Waals surface area contributed by atoms with Crippen LogP contribution in [-0.4, -0.2) is 4.98 Å². The lowest BCUT2D eigenvalue weighted by Crippen LogP contribution is -2.01. The summed E-state index contributed by atoms with van der Waals surface area (Å²) in [7, 11) is 0. The van der Waals surface area contributed by atoms with Gasteiger partial charge in [0, 0.05) is 16.6 Å². The highest BCUT2D eigenvalue weighted by atomic mass is 35.5. The van der Waals surface area contributed by atoms with Gasteiger partial charge in [-0.1, -0.05) is 40.9 Å². The third-order valence-corrected chi connectivity index (χ3v) is 4.62. The van der Waals surface area contributed by atoms with Crippen molar-refractivity contribution in [3.8, 4) is 0 Å². The third kappa shape index (κ3) is 2.72. The van der Waals surface area contributed by atoms with Crippen LogP contribution in [0.1, 0.15) is 5.56 Å². The van der Waals surface area contributed by atoms with E-state index in [1.54, 1.807) is 22.9 Å². The van der Waals surface area contributed by atoms with Gasteiger partial charge in [0.15, 0.2) is 0 Å². The van der Waals surface area contributed by atoms with E-state index in [1.807, 2.05) is 24.3 Å². The van der Waals surface area contributed by atoms with Crippen molar-refractivity contribution in [1.82, 2.24) is 4.98 Å². The molecule has 0 atom stereocenters. The van der Waals surface area contributed by atoms with Crippen LogP contribution in [0.3, 0.4) is 0 Å². The first-order chi connectivity index (χ1) is 9.65. The average Bonchev–Trinajstić information content (AvgIpc) is 2.88. The molecule has 0 saturated heterocycles. The summed E-state index contributed by atoms with van der Waals surface area (Å²) < 4.78 is 1.10. The van der Waals surface area contributed by atoms with Gasteiger partial charge in [-0.2, -0.15) is 0 Å². The van der Waals surface area contributed by atoms with E-state index in [1.165, 1.54) is 0 Å². The van der Waals surface area contributed by atoms with Gasteiger partial charge in [-0.3, -0.25) is 0 Å². The monoisotopic (exact) mass is 342 g/mol. The first kappa shape index (κ1) is 14.0. The summed E-state index contributed by atoms with van der Waals surface area (Å²) >= 11 is 19.9. The molecule has 2 aromatic carbocycles. The molecule has 0 saturated carbocycles. The van der Waals surface area contributed by atoms with Gasteiger partial charge in [0.2, 0.25) is 0 Å². The van der Waals surface area contributed by atoms with Crippen molar-refractivity contribution in [2.45, 2.75) is 6.54 Å². The number of nitrogens with one attached hydrogen (secondary N) is 1. The Morgan fingerprint density at radius 1 is 1.05 bits per heavy atom. The number of aromatic nitrogens is 1. The number of benzene rings is 2. The number of thiazole rings is 1. The van der Waals surface area contributed by atoms with Crippen LogP contribution >= 0.6 is 46.1 Å². The summed E-state index contributed by atoms with van der Waals surface area (Å²) in [5.41, 5.74) is 4.48. The van der Waals surface area contributed by atoms with E-state index >= 15 is 0 Å². The highest BCUT2D eigenvalue weighted by Gasteiger charge is 2.09. The minimum Gasteiger partial charge on any atom is -0.378 e. The standard InChI is InChI=1S/C14H9Cl3N2S/c15-9-2-1-8(11(17)5-9)6-18-13-10(16)3-4-12-14(13)19-7-20-12/h1-5,7,18H,6H2. The van der Waals surface area contributed by atoms with Crippen molar-refractivity contribution in [2.24, 2.45) is 0 Å². The van der Waals surface area contributed by atoms with Crippen LogP contribution in [0.2, 0.25) is 15.1 Å². The maximum Gasteiger partial charge on any atom is 0.106 e. The largest absolute Gasteiger partial charge is 0.378 e. The summed E-state index contributed by atoms with van der Waals surface area (Å²) in [6.07, 6.45) is 0. The molecule has 102 valence electrons. The zero-order chi connectivity index (χ0) is 14.1. The zero-order valence-corrected chi connectivity index (χ0v) is 13.2. The summed E-state index contributed by atoms with van der Waals surface area (Å²) in [4.78, 5) is 4.35. The van der Waals surface area contributed by atoms with E-state index < -0.39 is 0 Å². The van der Waals surface area contributed by atoms with Gasteiger partial charge in [-0.25, -0.2) is 4.98 Å². The van der Waals surface area contributed by atoms with Crippen LogP contribution in [0.5, 0.6) is 0 Å². The van der Waals surface area contributed by atoms with Gasteiger partial charge < -0.3 is 5.32 Å². The highest BCUT2D eigenvalue weighted by Crippen LogP contribution is 2.33. The van der Waals surface area contributed by atoms with Crippen molar-refractivity contribution in [3.63, 3.8) is 0 Å². The lowest BCUT2D eigenvalue weighted by molar-refractivity contribution is 1.15. The Morgan fingerprint density at radius 3 is 2.70 bits per heavy atom. The van der Waals surface area contributed by atoms with Crippen molar-refractivity contribution in [2.75, 3.05) is 5.32 Å². The number of hydrogen-bond acceptors (Lipinski definition) is 3. The predicted octanol–water partition coefficient (Wildman–Crippen LogP) is 5.87. The van der Waals surface area contributed by atoms with Gasteiger partial charge in [0.05, 0.1) is 20.9 Å². The molecule has 1 aromatic heterocycles. The number of fused-ring (bicyclic) bond motifs is 1. The molecular formula is C14H9Cl3N2S. The van der Waals surface area contributed by atoms with Crippen LogP contribution in [0.4, 0.5) is 5.69 Å². The van der Waals surface area contributed by atoms with Crippen molar-refractivity contribution in [1.29, 1.82) is 0 Å². The summed E-state index contributed by atoms with van der Waals surface area (Å²) in [5.74, 6) is 0. The number of rotatable bonds is 3. The summed E-state index contributed by atoms with van der Waals surface area (Å²) in [5, 5.41) is 5.20. The highest BCUT2D eigenvalue weighted by molar-refractivity contribution is 7.16. The van der Waals surface area contributed by atoms with Crippen LogP contribution in [0, 0.1) is 0 Å². The normalized spacial score (nSPS) is 10.9. The van der Waals surface area contributed by atoms with Gasteiger partial charge in [-0.15, -0.1) is 11.3 Å². The van der Waals surface area contributed by atoms with Crippen molar-refractivity contribution < 1.29 is 0 Å². The molecule has 0 fully saturated rings. The molecule has 0 amide bonds. The van der Waals surface area contributed by atoms with Crippen LogP contribution in [0.25, 0.3) is 10.2 Å². The van der Waals surface area contributed by atoms with Gasteiger partial charge in [0.25, 0.3) is 0 Å². The quantitative estimate of drug-likeness (QED) is 0.643. The van der Waals surface area contributed by atoms with E-state index in [0.717, 1.165) is 21.5 Å². The van der Waals surface area contributed by atoms with E-state index in [-0.39, 0.29) is 0 Å². The molecule has 1 N–H and O–H groups in total. The number of halogens is 3. The molecule has 3 rings (SSSR count). The molecule has 20 heavy (non-hydrogen) atoms. The Morgan fingerprint density at radius 2 is 1.90 bits per heavy atom. The van der Waals surface area contributed by atoms with Crippen LogP contribution in [-0.2, 0) is 6.54 Å². The fourth-order valence-electron chi connectivity index (χ4n) is 1.92. The van der Waals surface area contributed by atoms with Crippen LogP contribution in [0.15, 0.2) is 35.8 Å². The summed E-state index contributed by atoms with van der Waals surface area (Å²) in [6.45, 7) is 0.562. The SMILES string of the molecule is Clc1ccc(CNc2c(Cl)ccc3scnc23)c(Cl)c1. The fraction of sp³-hybridized carbons (Fsp3) is 0.0714. The predicted molar refractivity (Wildman–Crippen MR) is 88.4 cm³/mol. The van der Waals surface area contributed by atoms with E-state index in [2.05, 4.69) is 10.3 Å². The first-order valence-corrected chi connectivity index (χ1v) is 7.86. The Labute approximate surface area is 135 Å². The van der Waals surface area contributed by atoms with Gasteiger partial charge in [0.1, 0.15) is 5.52 Å². The second-order valence-electron chi connectivity index (χ2n) is 4.21.